The minimum atomic E-state index is -3.55. The number of hydrogen-bond donors (Lipinski definition) is 2. The Morgan fingerprint density at radius 1 is 1.20 bits per heavy atom. The van der Waals surface area contributed by atoms with Gasteiger partial charge in [-0.2, -0.15) is 0 Å². The van der Waals surface area contributed by atoms with Crippen LogP contribution in [-0.2, 0) is 10.0 Å². The van der Waals surface area contributed by atoms with Crippen LogP contribution in [0.3, 0.4) is 0 Å². The molecule has 2 aliphatic rings. The fraction of sp³-hybridized carbons (Fsp3) is 0.571. The second kappa shape index (κ2) is 5.30. The first kappa shape index (κ1) is 14.3. The summed E-state index contributed by atoms with van der Waals surface area (Å²) >= 11 is 5.78. The number of aliphatic hydroxyl groups is 1. The first-order valence-corrected chi connectivity index (χ1v) is 8.76. The molecule has 2 fully saturated rings. The van der Waals surface area contributed by atoms with E-state index in [1.165, 1.54) is 12.1 Å². The molecule has 2 bridgehead atoms. The highest BCUT2D eigenvalue weighted by Crippen LogP contribution is 2.48. The molecule has 1 aromatic carbocycles. The van der Waals surface area contributed by atoms with Crippen molar-refractivity contribution in [1.82, 2.24) is 4.72 Å². The molecule has 4 unspecified atom stereocenters. The maximum atomic E-state index is 12.4. The van der Waals surface area contributed by atoms with Gasteiger partial charge in [0.25, 0.3) is 0 Å². The molecule has 0 aromatic heterocycles. The summed E-state index contributed by atoms with van der Waals surface area (Å²) in [5.41, 5.74) is 0. The van der Waals surface area contributed by atoms with Crippen LogP contribution in [0.5, 0.6) is 0 Å². The van der Waals surface area contributed by atoms with Crippen LogP contribution in [-0.4, -0.2) is 26.2 Å². The van der Waals surface area contributed by atoms with Gasteiger partial charge in [-0.05, 0) is 55.4 Å². The Bertz CT molecular complexity index is 587. The molecule has 0 saturated heterocycles. The fourth-order valence-corrected chi connectivity index (χ4v) is 5.20. The van der Waals surface area contributed by atoms with Gasteiger partial charge >= 0.3 is 0 Å². The normalized spacial score (nSPS) is 32.7. The van der Waals surface area contributed by atoms with E-state index in [1.807, 2.05) is 0 Å². The largest absolute Gasteiger partial charge is 0.396 e. The van der Waals surface area contributed by atoms with Crippen molar-refractivity contribution in [2.45, 2.75) is 30.2 Å². The molecule has 2 aliphatic carbocycles. The number of benzene rings is 1. The standard InChI is InChI=1S/C14H18ClNO3S/c15-11-3-5-12(6-4-11)20(18,19)16-14-10-2-1-9(7-10)13(14)8-17/h3-6,9-10,13-14,16-17H,1-2,7-8H2. The van der Waals surface area contributed by atoms with Crippen molar-refractivity contribution in [1.29, 1.82) is 0 Å². The van der Waals surface area contributed by atoms with E-state index in [0.29, 0.717) is 16.9 Å². The summed E-state index contributed by atoms with van der Waals surface area (Å²) < 4.78 is 27.6. The molecule has 20 heavy (non-hydrogen) atoms. The number of rotatable bonds is 4. The zero-order valence-electron chi connectivity index (χ0n) is 11.0. The van der Waals surface area contributed by atoms with Crippen molar-refractivity contribution in [3.8, 4) is 0 Å². The summed E-state index contributed by atoms with van der Waals surface area (Å²) in [6.07, 6.45) is 3.18. The highest BCUT2D eigenvalue weighted by atomic mass is 35.5. The molecule has 6 heteroatoms. The molecule has 0 radical (unpaired) electrons. The highest BCUT2D eigenvalue weighted by Gasteiger charge is 2.48. The smallest absolute Gasteiger partial charge is 0.240 e. The number of aliphatic hydroxyl groups excluding tert-OH is 1. The molecule has 0 aliphatic heterocycles. The third-order valence-electron chi connectivity index (χ3n) is 4.71. The highest BCUT2D eigenvalue weighted by molar-refractivity contribution is 7.89. The van der Waals surface area contributed by atoms with Crippen molar-refractivity contribution < 1.29 is 13.5 Å². The molecule has 3 rings (SSSR count). The van der Waals surface area contributed by atoms with Crippen molar-refractivity contribution in [2.75, 3.05) is 6.61 Å². The summed E-state index contributed by atoms with van der Waals surface area (Å²) in [6.45, 7) is 0.0506. The second-order valence-corrected chi connectivity index (χ2v) is 7.93. The maximum Gasteiger partial charge on any atom is 0.240 e. The van der Waals surface area contributed by atoms with Gasteiger partial charge in [-0.25, -0.2) is 13.1 Å². The molecule has 2 N–H and O–H groups in total. The Morgan fingerprint density at radius 3 is 2.50 bits per heavy atom. The van der Waals surface area contributed by atoms with Crippen molar-refractivity contribution >= 4 is 21.6 Å². The number of hydrogen-bond acceptors (Lipinski definition) is 3. The van der Waals surface area contributed by atoms with E-state index in [-0.39, 0.29) is 23.5 Å². The van der Waals surface area contributed by atoms with E-state index in [9.17, 15) is 13.5 Å². The van der Waals surface area contributed by atoms with Gasteiger partial charge in [0.05, 0.1) is 4.90 Å². The summed E-state index contributed by atoms with van der Waals surface area (Å²) in [5, 5.41) is 10.0. The minimum Gasteiger partial charge on any atom is -0.396 e. The minimum absolute atomic E-state index is 0.0506. The quantitative estimate of drug-likeness (QED) is 0.893. The van der Waals surface area contributed by atoms with Crippen molar-refractivity contribution in [3.05, 3.63) is 29.3 Å². The lowest BCUT2D eigenvalue weighted by Crippen LogP contribution is -2.45. The van der Waals surface area contributed by atoms with Crippen LogP contribution in [0.1, 0.15) is 19.3 Å². The van der Waals surface area contributed by atoms with E-state index >= 15 is 0 Å². The Morgan fingerprint density at radius 2 is 1.85 bits per heavy atom. The summed E-state index contributed by atoms with van der Waals surface area (Å²) in [4.78, 5) is 0.223. The predicted molar refractivity (Wildman–Crippen MR) is 77.0 cm³/mol. The van der Waals surface area contributed by atoms with Crippen molar-refractivity contribution in [2.24, 2.45) is 17.8 Å². The van der Waals surface area contributed by atoms with Crippen LogP contribution in [0.25, 0.3) is 0 Å². The number of nitrogens with one attached hydrogen (secondary N) is 1. The summed E-state index contributed by atoms with van der Waals surface area (Å²) in [7, 11) is -3.55. The summed E-state index contributed by atoms with van der Waals surface area (Å²) in [6, 6.07) is 6.01. The monoisotopic (exact) mass is 315 g/mol. The van der Waals surface area contributed by atoms with Crippen LogP contribution >= 0.6 is 11.6 Å². The van der Waals surface area contributed by atoms with Gasteiger partial charge < -0.3 is 5.11 Å². The van der Waals surface area contributed by atoms with E-state index in [4.69, 9.17) is 11.6 Å². The van der Waals surface area contributed by atoms with E-state index in [0.717, 1.165) is 19.3 Å². The molecule has 0 heterocycles. The van der Waals surface area contributed by atoms with Crippen LogP contribution in [0.4, 0.5) is 0 Å². The average Bonchev–Trinajstić information content (AvgIpc) is 2.99. The average molecular weight is 316 g/mol. The van der Waals surface area contributed by atoms with E-state index < -0.39 is 10.0 Å². The lowest BCUT2D eigenvalue weighted by molar-refractivity contribution is 0.153. The maximum absolute atomic E-state index is 12.4. The van der Waals surface area contributed by atoms with Crippen LogP contribution < -0.4 is 4.72 Å². The molecule has 0 amide bonds. The Kier molecular flexibility index (Phi) is 3.79. The Balaban J connectivity index is 1.81. The first-order chi connectivity index (χ1) is 9.51. The lowest BCUT2D eigenvalue weighted by Gasteiger charge is -2.30. The fourth-order valence-electron chi connectivity index (χ4n) is 3.72. The van der Waals surface area contributed by atoms with Gasteiger partial charge in [0.1, 0.15) is 0 Å². The molecule has 1 aromatic rings. The number of sulfonamides is 1. The second-order valence-electron chi connectivity index (χ2n) is 5.78. The zero-order valence-corrected chi connectivity index (χ0v) is 12.6. The number of fused-ring (bicyclic) bond motifs is 2. The Hall–Kier alpha value is -0.620. The first-order valence-electron chi connectivity index (χ1n) is 6.90. The number of halogens is 1. The lowest BCUT2D eigenvalue weighted by atomic mass is 9.86. The summed E-state index contributed by atoms with van der Waals surface area (Å²) in [5.74, 6) is 0.873. The molecular formula is C14H18ClNO3S. The molecule has 2 saturated carbocycles. The molecule has 0 spiro atoms. The van der Waals surface area contributed by atoms with Crippen molar-refractivity contribution in [3.63, 3.8) is 0 Å². The van der Waals surface area contributed by atoms with Gasteiger partial charge in [-0.3, -0.25) is 0 Å². The van der Waals surface area contributed by atoms with Gasteiger partial charge in [0.2, 0.25) is 10.0 Å². The molecular weight excluding hydrogens is 298 g/mol. The van der Waals surface area contributed by atoms with Crippen LogP contribution in [0.15, 0.2) is 29.2 Å². The molecule has 110 valence electrons. The van der Waals surface area contributed by atoms with Gasteiger partial charge in [0.15, 0.2) is 0 Å². The molecule has 4 atom stereocenters. The predicted octanol–water partition coefficient (Wildman–Crippen LogP) is 2.03. The SMILES string of the molecule is O=S(=O)(NC1C2CCC(C2)C1CO)c1ccc(Cl)cc1. The van der Waals surface area contributed by atoms with E-state index in [1.54, 1.807) is 12.1 Å². The van der Waals surface area contributed by atoms with Crippen LogP contribution in [0, 0.1) is 17.8 Å². The zero-order chi connectivity index (χ0) is 14.3. The van der Waals surface area contributed by atoms with Gasteiger partial charge in [-0.15, -0.1) is 0 Å². The van der Waals surface area contributed by atoms with E-state index in [2.05, 4.69) is 4.72 Å². The third-order valence-corrected chi connectivity index (χ3v) is 6.44. The third kappa shape index (κ3) is 2.48. The van der Waals surface area contributed by atoms with Gasteiger partial charge in [0, 0.05) is 23.6 Å². The molecule has 4 nitrogen and oxygen atoms in total. The van der Waals surface area contributed by atoms with Gasteiger partial charge in [-0.1, -0.05) is 11.6 Å². The van der Waals surface area contributed by atoms with Crippen LogP contribution in [0.2, 0.25) is 5.02 Å². The topological polar surface area (TPSA) is 66.4 Å². The Labute approximate surface area is 124 Å².